The van der Waals surface area contributed by atoms with Crippen LogP contribution < -0.4 is 11.3 Å². The second-order valence-electron chi connectivity index (χ2n) is 14.6. The van der Waals surface area contributed by atoms with Crippen LogP contribution in [-0.4, -0.2) is 111 Å². The SMILES string of the molecule is CC(C)(C)[Si](C)(C)O[C@@H]1[C@@H]2OP(O)(=S)OC[C@H]3O[C@@H](n4cnc5c(N)ncnc54)[C@H](F)[C@@H]3OP(O)(=S)OC[C@H]2O[C@H]1n1cnc2c(=O)n3cc[nH]c3nc21. The van der Waals surface area contributed by atoms with E-state index in [1.54, 1.807) is 6.20 Å². The van der Waals surface area contributed by atoms with E-state index in [1.807, 2.05) is 33.9 Å². The fourth-order valence-electron chi connectivity index (χ4n) is 6.37. The number of H-pyrrole nitrogens is 1. The van der Waals surface area contributed by atoms with Gasteiger partial charge in [0.2, 0.25) is 5.78 Å². The van der Waals surface area contributed by atoms with E-state index in [1.165, 1.54) is 38.7 Å². The van der Waals surface area contributed by atoms with Crippen molar-refractivity contribution in [3.05, 3.63) is 41.7 Å². The zero-order chi connectivity index (χ0) is 38.5. The summed E-state index contributed by atoms with van der Waals surface area (Å²) in [6.45, 7) is 0.648. The summed E-state index contributed by atoms with van der Waals surface area (Å²) in [6.07, 6.45) is -3.71. The van der Waals surface area contributed by atoms with E-state index < -0.39 is 89.7 Å². The van der Waals surface area contributed by atoms with Gasteiger partial charge in [0.15, 0.2) is 49.6 Å². The largest absolute Gasteiger partial charge is 0.407 e. The van der Waals surface area contributed by atoms with Gasteiger partial charge in [0, 0.05) is 12.4 Å². The molecule has 5 aromatic rings. The third-order valence-electron chi connectivity index (χ3n) is 10.1. The maximum Gasteiger partial charge on any atom is 0.325 e. The molecule has 3 saturated heterocycles. The van der Waals surface area contributed by atoms with Crippen LogP contribution in [0.3, 0.4) is 0 Å². The minimum atomic E-state index is -4.26. The van der Waals surface area contributed by atoms with E-state index in [2.05, 4.69) is 29.9 Å². The summed E-state index contributed by atoms with van der Waals surface area (Å²) in [5.74, 6) is 0.336. The van der Waals surface area contributed by atoms with Crippen LogP contribution in [0.1, 0.15) is 33.2 Å². The van der Waals surface area contributed by atoms with Crippen molar-refractivity contribution in [3.8, 4) is 0 Å². The summed E-state index contributed by atoms with van der Waals surface area (Å²) in [7, 11) is -2.68. The number of hydrogen-bond donors (Lipinski definition) is 4. The van der Waals surface area contributed by atoms with Gasteiger partial charge in [-0.3, -0.25) is 27.4 Å². The molecule has 292 valence electrons. The van der Waals surface area contributed by atoms with Gasteiger partial charge < -0.3 is 43.5 Å². The van der Waals surface area contributed by atoms with Crippen molar-refractivity contribution < 1.29 is 46.2 Å². The Kier molecular flexibility index (Phi) is 9.54. The zero-order valence-corrected chi connectivity index (χ0v) is 33.7. The molecule has 0 amide bonds. The fourth-order valence-corrected chi connectivity index (χ4v) is 10.5. The van der Waals surface area contributed by atoms with Crippen molar-refractivity contribution in [2.75, 3.05) is 18.9 Å². The second-order valence-corrected chi connectivity index (χ2v) is 24.9. The second kappa shape index (κ2) is 13.5. The van der Waals surface area contributed by atoms with Gasteiger partial charge in [-0.05, 0) is 41.7 Å². The van der Waals surface area contributed by atoms with E-state index in [-0.39, 0.29) is 39.0 Å². The van der Waals surface area contributed by atoms with Crippen LogP contribution >= 0.6 is 13.4 Å². The molecule has 0 radical (unpaired) electrons. The lowest BCUT2D eigenvalue weighted by Crippen LogP contribution is -2.49. The first-order chi connectivity index (χ1) is 25.3. The molecule has 0 bridgehead atoms. The summed E-state index contributed by atoms with van der Waals surface area (Å²) < 4.78 is 63.6. The molecule has 0 saturated carbocycles. The van der Waals surface area contributed by atoms with Gasteiger partial charge >= 0.3 is 13.4 Å². The molecule has 54 heavy (non-hydrogen) atoms. The maximum absolute atomic E-state index is 16.3. The first-order valence-electron chi connectivity index (χ1n) is 16.6. The standard InChI is InChI=1S/C28H37FN10O10P2S2Si/c1-28(2,3)54(4,5)49-20-19-14(46-26(20)39-12-35-17-23(39)36-27-31-6-7-37(27)24(17)40)9-44-50(41,52)47-18-13(8-43-51(42,53)48-19)45-25(15(18)29)38-11-34-16-21(30)32-10-33-22(16)38/h6-7,10-15,18-20,25-26H,8-9H2,1-5H3,(H,31,36)(H,41,52)(H,42,53)(H2,30,32,33)/t13-,14-,15-,18-,19-,20-,25-,26-,50?,51?/m1/s1. The van der Waals surface area contributed by atoms with Gasteiger partial charge in [-0.15, -0.1) is 0 Å². The van der Waals surface area contributed by atoms with Crippen molar-refractivity contribution in [2.45, 2.75) is 88.1 Å². The van der Waals surface area contributed by atoms with Crippen LogP contribution in [0.15, 0.2) is 36.2 Å². The number of halogens is 1. The quantitative estimate of drug-likeness (QED) is 0.150. The molecule has 5 N–H and O–H groups in total. The minimum absolute atomic E-state index is 0.0601. The van der Waals surface area contributed by atoms with Crippen LogP contribution in [-0.2, 0) is 55.6 Å². The highest BCUT2D eigenvalue weighted by atomic mass is 32.5. The molecule has 3 aliphatic heterocycles. The lowest BCUT2D eigenvalue weighted by molar-refractivity contribution is -0.0587. The third-order valence-corrected chi connectivity index (χ3v) is 17.7. The number of fused-ring (bicyclic) bond motifs is 5. The fraction of sp³-hybridized carbons (Fsp3) is 0.571. The molecule has 2 unspecified atom stereocenters. The third kappa shape index (κ3) is 6.68. The van der Waals surface area contributed by atoms with Crippen LogP contribution in [0.5, 0.6) is 0 Å². The molecular formula is C28H37FN10O10P2S2Si. The Balaban J connectivity index is 1.15. The number of alkyl halides is 1. The first kappa shape index (κ1) is 38.2. The van der Waals surface area contributed by atoms with E-state index in [0.717, 1.165) is 0 Å². The van der Waals surface area contributed by atoms with Crippen LogP contribution in [0.2, 0.25) is 18.1 Å². The molecule has 0 aromatic carbocycles. The molecule has 20 nitrogen and oxygen atoms in total. The summed E-state index contributed by atoms with van der Waals surface area (Å²) in [5.41, 5.74) is 6.14. The number of nitrogen functional groups attached to an aromatic ring is 1. The molecule has 0 aliphatic carbocycles. The number of imidazole rings is 3. The topological polar surface area (TPSA) is 243 Å². The molecule has 10 atom stereocenters. The Hall–Kier alpha value is -2.67. The highest BCUT2D eigenvalue weighted by molar-refractivity contribution is 8.07. The number of hydrogen-bond acceptors (Lipinski definition) is 16. The molecule has 8 heterocycles. The predicted molar refractivity (Wildman–Crippen MR) is 198 cm³/mol. The van der Waals surface area contributed by atoms with E-state index in [9.17, 15) is 14.6 Å². The Bertz CT molecular complexity index is 2410. The van der Waals surface area contributed by atoms with E-state index in [0.29, 0.717) is 0 Å². The first-order valence-corrected chi connectivity index (χ1v) is 24.7. The van der Waals surface area contributed by atoms with Gasteiger partial charge in [0.25, 0.3) is 5.56 Å². The smallest absolute Gasteiger partial charge is 0.325 e. The molecule has 3 fully saturated rings. The monoisotopic (exact) mass is 846 g/mol. The van der Waals surface area contributed by atoms with Crippen molar-refractivity contribution in [1.82, 2.24) is 43.4 Å². The number of aromatic nitrogens is 9. The van der Waals surface area contributed by atoms with Crippen molar-refractivity contribution >= 4 is 79.3 Å². The van der Waals surface area contributed by atoms with Crippen molar-refractivity contribution in [1.29, 1.82) is 0 Å². The maximum atomic E-state index is 16.3. The van der Waals surface area contributed by atoms with E-state index in [4.69, 9.17) is 61.3 Å². The number of nitrogens with two attached hydrogens (primary N) is 1. The van der Waals surface area contributed by atoms with Gasteiger partial charge in [0.05, 0.1) is 25.9 Å². The summed E-state index contributed by atoms with van der Waals surface area (Å²) in [4.78, 5) is 60.3. The predicted octanol–water partition coefficient (Wildman–Crippen LogP) is 2.57. The Morgan fingerprint density at radius 1 is 0.963 bits per heavy atom. The number of nitrogens with zero attached hydrogens (tertiary/aromatic N) is 8. The zero-order valence-electron chi connectivity index (χ0n) is 29.3. The van der Waals surface area contributed by atoms with Gasteiger partial charge in [-0.1, -0.05) is 20.8 Å². The van der Waals surface area contributed by atoms with E-state index >= 15 is 4.39 Å². The summed E-state index contributed by atoms with van der Waals surface area (Å²) >= 11 is 10.9. The van der Waals surface area contributed by atoms with Crippen LogP contribution in [0.25, 0.3) is 28.1 Å². The molecule has 0 spiro atoms. The highest BCUT2D eigenvalue weighted by Gasteiger charge is 2.55. The van der Waals surface area contributed by atoms with Gasteiger partial charge in [0.1, 0.15) is 42.4 Å². The lowest BCUT2D eigenvalue weighted by atomic mass is 10.1. The van der Waals surface area contributed by atoms with Gasteiger partial charge in [-0.25, -0.2) is 24.3 Å². The summed E-state index contributed by atoms with van der Waals surface area (Å²) in [5, 5.41) is -0.315. The lowest BCUT2D eigenvalue weighted by Gasteiger charge is -2.41. The Morgan fingerprint density at radius 3 is 2.26 bits per heavy atom. The minimum Gasteiger partial charge on any atom is -0.407 e. The number of nitrogens with one attached hydrogen (secondary N) is 1. The van der Waals surface area contributed by atoms with Crippen LogP contribution in [0, 0.1) is 0 Å². The average molecular weight is 847 g/mol. The number of aromatic amines is 1. The normalized spacial score (nSPS) is 34.2. The number of rotatable bonds is 4. The average Bonchev–Trinajstić information content (AvgIpc) is 3.91. The highest BCUT2D eigenvalue weighted by Crippen LogP contribution is 2.55. The number of anilines is 1. The Morgan fingerprint density at radius 2 is 1.57 bits per heavy atom. The molecule has 26 heteroatoms. The van der Waals surface area contributed by atoms with Crippen molar-refractivity contribution in [2.24, 2.45) is 0 Å². The van der Waals surface area contributed by atoms with Crippen molar-refractivity contribution in [3.63, 3.8) is 0 Å². The molecule has 5 aromatic heterocycles. The Labute approximate surface area is 316 Å². The van der Waals surface area contributed by atoms with Gasteiger partial charge in [-0.2, -0.15) is 4.98 Å². The number of ether oxygens (including phenoxy) is 2. The molecular weight excluding hydrogens is 810 g/mol. The van der Waals surface area contributed by atoms with Crippen LogP contribution in [0.4, 0.5) is 10.2 Å². The molecule has 8 rings (SSSR count). The molecule has 3 aliphatic rings. The summed E-state index contributed by atoms with van der Waals surface area (Å²) in [6, 6.07) is 0.